The highest BCUT2D eigenvalue weighted by atomic mass is 35.5. The Morgan fingerprint density at radius 1 is 1.00 bits per heavy atom. The Kier molecular flexibility index (Phi) is 7.46. The fourth-order valence-corrected chi connectivity index (χ4v) is 2.44. The number of rotatable bonds is 6. The Morgan fingerprint density at radius 3 is 2.34 bits per heavy atom. The van der Waals surface area contributed by atoms with Crippen molar-refractivity contribution in [1.29, 1.82) is 0 Å². The zero-order valence-electron chi connectivity index (χ0n) is 14.9. The third-order valence-corrected chi connectivity index (χ3v) is 4.44. The smallest absolute Gasteiger partial charge is 0.251 e. The van der Waals surface area contributed by atoms with Crippen LogP contribution in [0.15, 0.2) is 30.3 Å². The van der Waals surface area contributed by atoms with Crippen LogP contribution in [0.2, 0.25) is 10.0 Å². The molecule has 154 valence electrons. The van der Waals surface area contributed by atoms with Crippen molar-refractivity contribution in [1.82, 2.24) is 10.2 Å². The fourth-order valence-electron chi connectivity index (χ4n) is 2.15. The lowest BCUT2D eigenvalue weighted by atomic mass is 10.2. The first-order valence-corrected chi connectivity index (χ1v) is 8.76. The molecule has 0 aliphatic heterocycles. The van der Waals surface area contributed by atoms with Crippen LogP contribution < -0.4 is 10.6 Å². The summed E-state index contributed by atoms with van der Waals surface area (Å²) in [7, 11) is 1.27. The zero-order valence-corrected chi connectivity index (χ0v) is 16.4. The third-order valence-electron chi connectivity index (χ3n) is 3.70. The van der Waals surface area contributed by atoms with E-state index in [4.69, 9.17) is 23.2 Å². The number of anilines is 1. The molecule has 2 rings (SSSR count). The van der Waals surface area contributed by atoms with Gasteiger partial charge in [0.1, 0.15) is 0 Å². The number of amides is 3. The molecule has 0 radical (unpaired) electrons. The molecule has 0 fully saturated rings. The van der Waals surface area contributed by atoms with Gasteiger partial charge in [0.15, 0.2) is 17.5 Å². The molecule has 0 aliphatic carbocycles. The maximum atomic E-state index is 13.6. The highest BCUT2D eigenvalue weighted by Crippen LogP contribution is 2.22. The van der Waals surface area contributed by atoms with Crippen LogP contribution in [0.25, 0.3) is 0 Å². The summed E-state index contributed by atoms with van der Waals surface area (Å²) in [4.78, 5) is 36.9. The van der Waals surface area contributed by atoms with E-state index in [0.717, 1.165) is 11.0 Å². The van der Waals surface area contributed by atoms with Crippen molar-refractivity contribution in [3.05, 3.63) is 63.4 Å². The molecule has 2 aromatic rings. The Bertz CT molecular complexity index is 973. The summed E-state index contributed by atoms with van der Waals surface area (Å²) in [6.45, 7) is -0.942. The number of carbonyl (C=O) groups excluding carboxylic acids is 3. The lowest BCUT2D eigenvalue weighted by Gasteiger charge is -2.17. The fraction of sp³-hybridized carbons (Fsp3) is 0.167. The molecule has 0 aliphatic rings. The SMILES string of the molecule is CN(CC(=O)Nc1ccc(F)c(F)c1F)C(=O)CNC(=O)c1ccc(Cl)c(Cl)c1. The Hall–Kier alpha value is -2.78. The number of likely N-dealkylation sites (N-methyl/N-ethyl adjacent to an activating group) is 1. The van der Waals surface area contributed by atoms with Gasteiger partial charge in [-0.3, -0.25) is 14.4 Å². The first kappa shape index (κ1) is 22.5. The van der Waals surface area contributed by atoms with Gasteiger partial charge < -0.3 is 15.5 Å². The number of hydrogen-bond acceptors (Lipinski definition) is 3. The summed E-state index contributed by atoms with van der Waals surface area (Å²) in [5.41, 5.74) is -0.385. The van der Waals surface area contributed by atoms with E-state index >= 15 is 0 Å². The zero-order chi connectivity index (χ0) is 21.7. The summed E-state index contributed by atoms with van der Waals surface area (Å²) in [6, 6.07) is 5.68. The minimum atomic E-state index is -1.72. The first-order valence-electron chi connectivity index (χ1n) is 8.00. The topological polar surface area (TPSA) is 78.5 Å². The van der Waals surface area contributed by atoms with Crippen molar-refractivity contribution in [2.75, 3.05) is 25.5 Å². The number of halogens is 5. The van der Waals surface area contributed by atoms with Crippen molar-refractivity contribution in [3.63, 3.8) is 0 Å². The lowest BCUT2D eigenvalue weighted by molar-refractivity contribution is -0.132. The molecular formula is C18H14Cl2F3N3O3. The summed E-state index contributed by atoms with van der Waals surface area (Å²) >= 11 is 11.6. The normalized spacial score (nSPS) is 10.4. The summed E-state index contributed by atoms with van der Waals surface area (Å²) in [6.07, 6.45) is 0. The van der Waals surface area contributed by atoms with E-state index in [0.29, 0.717) is 6.07 Å². The van der Waals surface area contributed by atoms with Gasteiger partial charge in [0.2, 0.25) is 11.8 Å². The molecule has 0 saturated heterocycles. The van der Waals surface area contributed by atoms with E-state index in [1.807, 2.05) is 5.32 Å². The second-order valence-corrected chi connectivity index (χ2v) is 6.65. The van der Waals surface area contributed by atoms with Gasteiger partial charge in [-0.25, -0.2) is 13.2 Å². The van der Waals surface area contributed by atoms with Crippen molar-refractivity contribution < 1.29 is 27.6 Å². The van der Waals surface area contributed by atoms with Crippen LogP contribution in [0, 0.1) is 17.5 Å². The highest BCUT2D eigenvalue weighted by Gasteiger charge is 2.18. The summed E-state index contributed by atoms with van der Waals surface area (Å²) in [5.74, 6) is -6.73. The van der Waals surface area contributed by atoms with E-state index in [1.165, 1.54) is 25.2 Å². The molecule has 0 atom stereocenters. The minimum Gasteiger partial charge on any atom is -0.343 e. The quantitative estimate of drug-likeness (QED) is 0.667. The molecule has 29 heavy (non-hydrogen) atoms. The molecular weight excluding hydrogens is 434 g/mol. The van der Waals surface area contributed by atoms with Gasteiger partial charge in [0, 0.05) is 12.6 Å². The molecule has 3 amide bonds. The van der Waals surface area contributed by atoms with Crippen molar-refractivity contribution in [3.8, 4) is 0 Å². The second kappa shape index (κ2) is 9.62. The standard InChI is InChI=1S/C18H14Cl2F3N3O3/c1-26(8-14(27)25-13-5-4-12(21)16(22)17(13)23)15(28)7-24-18(29)9-2-3-10(19)11(20)6-9/h2-6H,7-8H2,1H3,(H,24,29)(H,25,27). The number of nitrogens with zero attached hydrogens (tertiary/aromatic N) is 1. The van der Waals surface area contributed by atoms with E-state index in [2.05, 4.69) is 5.32 Å². The van der Waals surface area contributed by atoms with Crippen LogP contribution in [0.5, 0.6) is 0 Å². The second-order valence-electron chi connectivity index (χ2n) is 5.83. The monoisotopic (exact) mass is 447 g/mol. The van der Waals surface area contributed by atoms with Crippen molar-refractivity contribution >= 4 is 46.6 Å². The predicted octanol–water partition coefficient (Wildman–Crippen LogP) is 3.24. The van der Waals surface area contributed by atoms with Gasteiger partial charge in [0.25, 0.3) is 5.91 Å². The maximum Gasteiger partial charge on any atom is 0.251 e. The maximum absolute atomic E-state index is 13.6. The largest absolute Gasteiger partial charge is 0.343 e. The highest BCUT2D eigenvalue weighted by molar-refractivity contribution is 6.42. The van der Waals surface area contributed by atoms with Gasteiger partial charge in [-0.15, -0.1) is 0 Å². The number of benzene rings is 2. The lowest BCUT2D eigenvalue weighted by Crippen LogP contribution is -2.41. The molecule has 0 bridgehead atoms. The molecule has 6 nitrogen and oxygen atoms in total. The summed E-state index contributed by atoms with van der Waals surface area (Å²) < 4.78 is 39.6. The van der Waals surface area contributed by atoms with E-state index < -0.39 is 54.0 Å². The molecule has 0 spiro atoms. The molecule has 2 aromatic carbocycles. The van der Waals surface area contributed by atoms with Crippen LogP contribution in [0.3, 0.4) is 0 Å². The minimum absolute atomic E-state index is 0.170. The Balaban J connectivity index is 1.88. The predicted molar refractivity (Wildman–Crippen MR) is 101 cm³/mol. The Labute approximate surface area is 173 Å². The first-order chi connectivity index (χ1) is 13.6. The van der Waals surface area contributed by atoms with E-state index in [-0.39, 0.29) is 15.6 Å². The summed E-state index contributed by atoms with van der Waals surface area (Å²) in [5, 5.41) is 4.83. The molecule has 0 saturated carbocycles. The van der Waals surface area contributed by atoms with Crippen molar-refractivity contribution in [2.45, 2.75) is 0 Å². The van der Waals surface area contributed by atoms with Gasteiger partial charge in [-0.05, 0) is 30.3 Å². The van der Waals surface area contributed by atoms with Gasteiger partial charge in [0.05, 0.1) is 28.8 Å². The van der Waals surface area contributed by atoms with E-state index in [9.17, 15) is 27.6 Å². The van der Waals surface area contributed by atoms with Crippen LogP contribution in [-0.4, -0.2) is 42.8 Å². The molecule has 2 N–H and O–H groups in total. The van der Waals surface area contributed by atoms with Gasteiger partial charge in [-0.2, -0.15) is 0 Å². The number of carbonyl (C=O) groups is 3. The van der Waals surface area contributed by atoms with Gasteiger partial charge >= 0.3 is 0 Å². The van der Waals surface area contributed by atoms with Crippen LogP contribution in [0.4, 0.5) is 18.9 Å². The third kappa shape index (κ3) is 5.85. The van der Waals surface area contributed by atoms with Gasteiger partial charge in [-0.1, -0.05) is 23.2 Å². The number of hydrogen-bond donors (Lipinski definition) is 2. The van der Waals surface area contributed by atoms with E-state index in [1.54, 1.807) is 0 Å². The Morgan fingerprint density at radius 2 is 1.69 bits per heavy atom. The van der Waals surface area contributed by atoms with Crippen LogP contribution in [0.1, 0.15) is 10.4 Å². The molecule has 0 unspecified atom stereocenters. The molecule has 0 heterocycles. The average Bonchev–Trinajstić information content (AvgIpc) is 2.68. The molecule has 0 aromatic heterocycles. The molecule has 11 heteroatoms. The van der Waals surface area contributed by atoms with Crippen molar-refractivity contribution in [2.24, 2.45) is 0 Å². The average molecular weight is 448 g/mol. The number of nitrogens with one attached hydrogen (secondary N) is 2. The van der Waals surface area contributed by atoms with Crippen LogP contribution in [-0.2, 0) is 9.59 Å². The van der Waals surface area contributed by atoms with Crippen LogP contribution >= 0.6 is 23.2 Å².